The molecule has 4 rings (SSSR count). The van der Waals surface area contributed by atoms with Crippen LogP contribution in [0.1, 0.15) is 22.9 Å². The van der Waals surface area contributed by atoms with E-state index in [4.69, 9.17) is 4.74 Å². The molecule has 1 saturated heterocycles. The van der Waals surface area contributed by atoms with E-state index in [1.54, 1.807) is 13.0 Å². The first-order valence-corrected chi connectivity index (χ1v) is 9.78. The van der Waals surface area contributed by atoms with Crippen molar-refractivity contribution in [2.45, 2.75) is 44.0 Å². The largest absolute Gasteiger partial charge is 0.508 e. The maximum atomic E-state index is 15.0. The van der Waals surface area contributed by atoms with Crippen LogP contribution in [0, 0.1) is 18.6 Å². The number of phenolic OH excluding ortho intramolecular Hbond substituents is 1. The third-order valence-corrected chi connectivity index (χ3v) is 5.67. The Morgan fingerprint density at radius 2 is 1.71 bits per heavy atom. The van der Waals surface area contributed by atoms with Gasteiger partial charge in [-0.05, 0) is 41.8 Å². The summed E-state index contributed by atoms with van der Waals surface area (Å²) in [5.74, 6) is -1.43. The summed E-state index contributed by atoms with van der Waals surface area (Å²) in [5, 5.41) is 49.8. The zero-order valence-electron chi connectivity index (χ0n) is 16.6. The van der Waals surface area contributed by atoms with Crippen LogP contribution in [0.15, 0.2) is 36.5 Å². The van der Waals surface area contributed by atoms with E-state index < -0.39 is 48.9 Å². The van der Waals surface area contributed by atoms with Crippen molar-refractivity contribution in [3.05, 3.63) is 64.9 Å². The number of rotatable bonds is 4. The number of phenols is 1. The Kier molecular flexibility index (Phi) is 5.71. The van der Waals surface area contributed by atoms with Gasteiger partial charge in [-0.2, -0.15) is 0 Å². The molecule has 5 N–H and O–H groups in total. The molecule has 1 aliphatic heterocycles. The molecule has 7 nitrogen and oxygen atoms in total. The molecule has 31 heavy (non-hydrogen) atoms. The number of aryl methyl sites for hydroxylation is 1. The van der Waals surface area contributed by atoms with Crippen molar-refractivity contribution >= 4 is 10.9 Å². The standard InChI is InChI=1S/C22H23F2NO6/c1-10-4-15(24)18-12(6-11-2-3-13(27)7-14(11)23)8-25(16(18)5-10)22-21(30)20(29)19(28)17(9-26)31-22/h2-5,7-8,17,19-22,26-30H,6,9H2,1H3/t17-,19-,20+,21-,22-/m1/s1. The summed E-state index contributed by atoms with van der Waals surface area (Å²) in [6.45, 7) is 1.09. The Morgan fingerprint density at radius 1 is 0.968 bits per heavy atom. The number of aromatic hydroxyl groups is 1. The fourth-order valence-corrected chi connectivity index (χ4v) is 4.09. The van der Waals surface area contributed by atoms with Crippen LogP contribution in [-0.4, -0.2) is 61.1 Å². The minimum Gasteiger partial charge on any atom is -0.508 e. The number of nitrogens with zero attached hydrogens (tertiary/aromatic N) is 1. The van der Waals surface area contributed by atoms with E-state index in [-0.39, 0.29) is 23.1 Å². The lowest BCUT2D eigenvalue weighted by molar-refractivity contribution is -0.250. The van der Waals surface area contributed by atoms with Crippen LogP contribution in [0.3, 0.4) is 0 Å². The molecule has 2 aromatic carbocycles. The summed E-state index contributed by atoms with van der Waals surface area (Å²) in [4.78, 5) is 0. The first-order valence-electron chi connectivity index (χ1n) is 9.78. The average molecular weight is 435 g/mol. The topological polar surface area (TPSA) is 115 Å². The highest BCUT2D eigenvalue weighted by atomic mass is 19.1. The number of hydrogen-bond acceptors (Lipinski definition) is 6. The van der Waals surface area contributed by atoms with Gasteiger partial charge in [-0.3, -0.25) is 0 Å². The summed E-state index contributed by atoms with van der Waals surface area (Å²) in [6, 6.07) is 6.68. The van der Waals surface area contributed by atoms with E-state index in [1.807, 2.05) is 0 Å². The van der Waals surface area contributed by atoms with Gasteiger partial charge in [0.1, 0.15) is 41.8 Å². The maximum Gasteiger partial charge on any atom is 0.163 e. The lowest BCUT2D eigenvalue weighted by Gasteiger charge is -2.40. The van der Waals surface area contributed by atoms with Gasteiger partial charge >= 0.3 is 0 Å². The fraction of sp³-hybridized carbons (Fsp3) is 0.364. The predicted octanol–water partition coefficient (Wildman–Crippen LogP) is 1.50. The number of aliphatic hydroxyl groups is 4. The number of ether oxygens (including phenoxy) is 1. The average Bonchev–Trinajstić information content (AvgIpc) is 3.07. The van der Waals surface area contributed by atoms with Crippen molar-refractivity contribution in [2.75, 3.05) is 6.61 Å². The van der Waals surface area contributed by atoms with Crippen molar-refractivity contribution in [3.8, 4) is 5.75 Å². The number of halogens is 2. The Labute approximate surface area is 176 Å². The van der Waals surface area contributed by atoms with Crippen molar-refractivity contribution in [1.29, 1.82) is 0 Å². The van der Waals surface area contributed by atoms with Crippen LogP contribution in [0.5, 0.6) is 5.75 Å². The van der Waals surface area contributed by atoms with E-state index in [2.05, 4.69) is 0 Å². The Bertz CT molecular complexity index is 1120. The summed E-state index contributed by atoms with van der Waals surface area (Å²) < 4.78 is 36.3. The molecule has 0 radical (unpaired) electrons. The van der Waals surface area contributed by atoms with E-state index in [9.17, 15) is 34.3 Å². The zero-order chi connectivity index (χ0) is 22.4. The molecule has 0 unspecified atom stereocenters. The zero-order valence-corrected chi connectivity index (χ0v) is 16.6. The van der Waals surface area contributed by atoms with Crippen LogP contribution in [0.25, 0.3) is 10.9 Å². The van der Waals surface area contributed by atoms with Gasteiger partial charge in [0.2, 0.25) is 0 Å². The van der Waals surface area contributed by atoms with Crippen LogP contribution in [-0.2, 0) is 11.2 Å². The minimum atomic E-state index is -1.60. The van der Waals surface area contributed by atoms with Crippen LogP contribution >= 0.6 is 0 Å². The Morgan fingerprint density at radius 3 is 2.39 bits per heavy atom. The van der Waals surface area contributed by atoms with Gasteiger partial charge in [-0.15, -0.1) is 0 Å². The lowest BCUT2D eigenvalue weighted by atomic mass is 9.98. The summed E-state index contributed by atoms with van der Waals surface area (Å²) >= 11 is 0. The first-order chi connectivity index (χ1) is 14.7. The molecule has 166 valence electrons. The number of aromatic nitrogens is 1. The minimum absolute atomic E-state index is 0.00693. The normalized spacial score (nSPS) is 26.5. The molecule has 0 aliphatic carbocycles. The third kappa shape index (κ3) is 3.79. The second-order valence-corrected chi connectivity index (χ2v) is 7.87. The monoisotopic (exact) mass is 435 g/mol. The SMILES string of the molecule is Cc1cc(F)c2c(Cc3ccc(O)cc3F)cn([C@@H]3O[C@H](CO)[C@@H](O)[C@H](O)[C@H]3O)c2c1. The van der Waals surface area contributed by atoms with Crippen LogP contribution in [0.2, 0.25) is 0 Å². The number of aliphatic hydroxyl groups excluding tert-OH is 4. The van der Waals surface area contributed by atoms with Crippen LogP contribution in [0.4, 0.5) is 8.78 Å². The molecule has 0 saturated carbocycles. The summed E-state index contributed by atoms with van der Waals surface area (Å²) in [7, 11) is 0. The van der Waals surface area contributed by atoms with E-state index in [0.717, 1.165) is 6.07 Å². The molecular weight excluding hydrogens is 412 g/mol. The molecule has 9 heteroatoms. The smallest absolute Gasteiger partial charge is 0.163 e. The second-order valence-electron chi connectivity index (χ2n) is 7.87. The number of fused-ring (bicyclic) bond motifs is 1. The van der Waals surface area contributed by atoms with Gasteiger partial charge in [0.25, 0.3) is 0 Å². The highest BCUT2D eigenvalue weighted by molar-refractivity contribution is 5.86. The van der Waals surface area contributed by atoms with Crippen LogP contribution < -0.4 is 0 Å². The maximum absolute atomic E-state index is 15.0. The van der Waals surface area contributed by atoms with Gasteiger partial charge in [0.05, 0.1) is 12.1 Å². The summed E-state index contributed by atoms with van der Waals surface area (Å²) in [5.41, 5.74) is 1.56. The van der Waals surface area contributed by atoms with E-state index in [1.165, 1.54) is 29.0 Å². The number of benzene rings is 2. The Balaban J connectivity index is 1.84. The molecule has 0 amide bonds. The quantitative estimate of drug-likeness (QED) is 0.424. The molecule has 1 fully saturated rings. The second kappa shape index (κ2) is 8.18. The fourth-order valence-electron chi connectivity index (χ4n) is 4.09. The van der Waals surface area contributed by atoms with Crippen molar-refractivity contribution in [2.24, 2.45) is 0 Å². The predicted molar refractivity (Wildman–Crippen MR) is 107 cm³/mol. The summed E-state index contributed by atoms with van der Waals surface area (Å²) in [6.07, 6.45) is -5.55. The van der Waals surface area contributed by atoms with Crippen molar-refractivity contribution < 1.29 is 39.1 Å². The first kappa shape index (κ1) is 21.7. The van der Waals surface area contributed by atoms with E-state index in [0.29, 0.717) is 16.6 Å². The molecule has 0 spiro atoms. The molecule has 0 bridgehead atoms. The molecular formula is C22H23F2NO6. The van der Waals surface area contributed by atoms with Gasteiger partial charge in [0.15, 0.2) is 6.23 Å². The third-order valence-electron chi connectivity index (χ3n) is 5.67. The molecule has 1 aromatic heterocycles. The van der Waals surface area contributed by atoms with Gasteiger partial charge in [-0.1, -0.05) is 6.07 Å². The Hall–Kier alpha value is -2.56. The van der Waals surface area contributed by atoms with E-state index >= 15 is 0 Å². The highest BCUT2D eigenvalue weighted by Crippen LogP contribution is 2.35. The molecule has 5 atom stereocenters. The molecule has 2 heterocycles. The number of hydrogen-bond donors (Lipinski definition) is 5. The lowest BCUT2D eigenvalue weighted by Crippen LogP contribution is -2.56. The molecule has 3 aromatic rings. The van der Waals surface area contributed by atoms with Crippen molar-refractivity contribution in [1.82, 2.24) is 4.57 Å². The van der Waals surface area contributed by atoms with Gasteiger partial charge in [0, 0.05) is 24.1 Å². The highest BCUT2D eigenvalue weighted by Gasteiger charge is 2.44. The van der Waals surface area contributed by atoms with Gasteiger partial charge in [-0.25, -0.2) is 8.78 Å². The van der Waals surface area contributed by atoms with Gasteiger partial charge < -0.3 is 34.8 Å². The van der Waals surface area contributed by atoms with Crippen molar-refractivity contribution in [3.63, 3.8) is 0 Å². The molecule has 1 aliphatic rings.